The number of carbonyl (C=O) groups excluding carboxylic acids is 1. The van der Waals surface area contributed by atoms with Crippen molar-refractivity contribution >= 4 is 45.1 Å². The molecule has 1 aliphatic carbocycles. The van der Waals surface area contributed by atoms with Crippen molar-refractivity contribution in [3.8, 4) is 0 Å². The fourth-order valence-electron chi connectivity index (χ4n) is 5.53. The molecule has 1 aliphatic heterocycles. The standard InChI is InChI=1S/C27H32Cl2N2O5S/c1-3-37(35,36)30-16-23(17-7-8-17)31-25(18-9-11-20(28)12-10-18)22(19-5-4-6-21(29)13-19)14-27(2,26(31)34)15-24(32)33/h4-6,9-13,17,22-23,25,30H,3,7-8,14-16H2,1-2H3,(H,32,33)/t22-,23-,25-,27-/m1/s1. The lowest BCUT2D eigenvalue weighted by atomic mass is 9.67. The summed E-state index contributed by atoms with van der Waals surface area (Å²) in [6.07, 6.45) is 1.71. The normalized spacial score (nSPS) is 25.2. The van der Waals surface area contributed by atoms with Crippen LogP contribution in [0.1, 0.15) is 62.6 Å². The van der Waals surface area contributed by atoms with E-state index < -0.39 is 33.5 Å². The molecule has 1 saturated carbocycles. The Balaban J connectivity index is 1.88. The molecular weight excluding hydrogens is 535 g/mol. The Labute approximate surface area is 228 Å². The molecule has 4 rings (SSSR count). The summed E-state index contributed by atoms with van der Waals surface area (Å²) in [4.78, 5) is 28.0. The monoisotopic (exact) mass is 566 g/mol. The van der Waals surface area contributed by atoms with Crippen molar-refractivity contribution in [2.45, 2.75) is 57.5 Å². The maximum atomic E-state index is 14.3. The van der Waals surface area contributed by atoms with Gasteiger partial charge in [-0.25, -0.2) is 13.1 Å². The molecule has 2 aromatic carbocycles. The van der Waals surface area contributed by atoms with Crippen LogP contribution in [0.5, 0.6) is 0 Å². The van der Waals surface area contributed by atoms with E-state index in [-0.39, 0.29) is 36.5 Å². The van der Waals surface area contributed by atoms with E-state index in [0.717, 1.165) is 24.0 Å². The Morgan fingerprint density at radius 1 is 1.14 bits per heavy atom. The van der Waals surface area contributed by atoms with Crippen LogP contribution in [-0.4, -0.2) is 48.6 Å². The van der Waals surface area contributed by atoms with Crippen LogP contribution in [0.25, 0.3) is 0 Å². The molecule has 10 heteroatoms. The van der Waals surface area contributed by atoms with Gasteiger partial charge in [0.2, 0.25) is 15.9 Å². The highest BCUT2D eigenvalue weighted by atomic mass is 35.5. The quantitative estimate of drug-likeness (QED) is 0.408. The highest BCUT2D eigenvalue weighted by Crippen LogP contribution is 2.53. The van der Waals surface area contributed by atoms with Crippen LogP contribution in [0.4, 0.5) is 0 Å². The van der Waals surface area contributed by atoms with Gasteiger partial charge in [0.05, 0.1) is 23.6 Å². The van der Waals surface area contributed by atoms with Crippen LogP contribution in [0, 0.1) is 11.3 Å². The minimum absolute atomic E-state index is 0.0686. The third kappa shape index (κ3) is 6.30. The molecule has 37 heavy (non-hydrogen) atoms. The Morgan fingerprint density at radius 2 is 1.81 bits per heavy atom. The molecule has 0 spiro atoms. The number of hydrogen-bond acceptors (Lipinski definition) is 4. The van der Waals surface area contributed by atoms with E-state index in [1.807, 2.05) is 30.3 Å². The molecular formula is C27H32Cl2N2O5S. The van der Waals surface area contributed by atoms with E-state index >= 15 is 0 Å². The molecule has 2 N–H and O–H groups in total. The van der Waals surface area contributed by atoms with E-state index in [2.05, 4.69) is 4.72 Å². The maximum Gasteiger partial charge on any atom is 0.304 e. The van der Waals surface area contributed by atoms with E-state index in [1.165, 1.54) is 0 Å². The van der Waals surface area contributed by atoms with Crippen molar-refractivity contribution in [2.24, 2.45) is 11.3 Å². The first kappa shape index (κ1) is 27.9. The highest BCUT2D eigenvalue weighted by molar-refractivity contribution is 7.89. The van der Waals surface area contributed by atoms with Gasteiger partial charge in [0, 0.05) is 28.5 Å². The molecule has 0 bridgehead atoms. The number of amides is 1. The number of nitrogens with zero attached hydrogens (tertiary/aromatic N) is 1. The SMILES string of the molecule is CCS(=O)(=O)NC[C@H](C1CC1)N1C(=O)[C@@](C)(CC(=O)O)C[C@H](c2cccc(Cl)c2)[C@H]1c1ccc(Cl)cc1. The first-order valence-electron chi connectivity index (χ1n) is 12.5. The zero-order valence-electron chi connectivity index (χ0n) is 20.9. The number of rotatable bonds is 10. The highest BCUT2D eigenvalue weighted by Gasteiger charge is 2.54. The van der Waals surface area contributed by atoms with Crippen LogP contribution in [0.3, 0.4) is 0 Å². The molecule has 2 fully saturated rings. The van der Waals surface area contributed by atoms with Crippen molar-refractivity contribution in [2.75, 3.05) is 12.3 Å². The number of aliphatic carboxylic acids is 1. The third-order valence-corrected chi connectivity index (χ3v) is 9.40. The van der Waals surface area contributed by atoms with Crippen molar-refractivity contribution < 1.29 is 23.1 Å². The van der Waals surface area contributed by atoms with Gasteiger partial charge in [0.15, 0.2) is 0 Å². The Morgan fingerprint density at radius 3 is 2.38 bits per heavy atom. The number of likely N-dealkylation sites (tertiary alicyclic amines) is 1. The third-order valence-electron chi connectivity index (χ3n) is 7.55. The number of halogens is 2. The largest absolute Gasteiger partial charge is 0.481 e. The number of nitrogens with one attached hydrogen (secondary N) is 1. The summed E-state index contributed by atoms with van der Waals surface area (Å²) in [7, 11) is -3.50. The van der Waals surface area contributed by atoms with E-state index in [0.29, 0.717) is 16.5 Å². The van der Waals surface area contributed by atoms with Crippen LogP contribution in [0.15, 0.2) is 48.5 Å². The second-order valence-electron chi connectivity index (χ2n) is 10.4. The van der Waals surface area contributed by atoms with Crippen molar-refractivity contribution in [3.05, 3.63) is 69.7 Å². The number of benzene rings is 2. The zero-order chi connectivity index (χ0) is 27.0. The lowest BCUT2D eigenvalue weighted by Crippen LogP contribution is -2.59. The molecule has 2 aliphatic rings. The van der Waals surface area contributed by atoms with E-state index in [1.54, 1.807) is 36.9 Å². The van der Waals surface area contributed by atoms with Gasteiger partial charge in [0.25, 0.3) is 0 Å². The minimum Gasteiger partial charge on any atom is -0.481 e. The smallest absolute Gasteiger partial charge is 0.304 e. The Kier molecular flexibility index (Phi) is 8.24. The van der Waals surface area contributed by atoms with Gasteiger partial charge in [-0.15, -0.1) is 0 Å². The number of hydrogen-bond donors (Lipinski definition) is 2. The predicted molar refractivity (Wildman–Crippen MR) is 144 cm³/mol. The summed E-state index contributed by atoms with van der Waals surface area (Å²) in [5.74, 6) is -1.56. The first-order chi connectivity index (χ1) is 17.4. The lowest BCUT2D eigenvalue weighted by Gasteiger charge is -2.52. The van der Waals surface area contributed by atoms with Crippen LogP contribution < -0.4 is 4.72 Å². The molecule has 0 aromatic heterocycles. The summed E-state index contributed by atoms with van der Waals surface area (Å²) >= 11 is 12.6. The zero-order valence-corrected chi connectivity index (χ0v) is 23.2. The molecule has 7 nitrogen and oxygen atoms in total. The summed E-state index contributed by atoms with van der Waals surface area (Å²) in [6.45, 7) is 3.34. The van der Waals surface area contributed by atoms with Crippen LogP contribution >= 0.6 is 23.2 Å². The fraction of sp³-hybridized carbons (Fsp3) is 0.481. The fourth-order valence-corrected chi connectivity index (χ4v) is 6.49. The predicted octanol–water partition coefficient (Wildman–Crippen LogP) is 5.25. The Bertz CT molecular complexity index is 1270. The molecule has 0 radical (unpaired) electrons. The summed E-state index contributed by atoms with van der Waals surface area (Å²) < 4.78 is 27.4. The number of sulfonamides is 1. The van der Waals surface area contributed by atoms with Gasteiger partial charge in [0.1, 0.15) is 0 Å². The average molecular weight is 568 g/mol. The molecule has 4 atom stereocenters. The van der Waals surface area contributed by atoms with Gasteiger partial charge in [-0.1, -0.05) is 54.4 Å². The van der Waals surface area contributed by atoms with Gasteiger partial charge in [-0.2, -0.15) is 0 Å². The number of carboxylic acids is 1. The van der Waals surface area contributed by atoms with Crippen LogP contribution in [-0.2, 0) is 19.6 Å². The summed E-state index contributed by atoms with van der Waals surface area (Å²) in [5.41, 5.74) is 0.563. The van der Waals surface area contributed by atoms with Gasteiger partial charge < -0.3 is 10.0 Å². The molecule has 1 heterocycles. The number of piperidine rings is 1. The van der Waals surface area contributed by atoms with Gasteiger partial charge in [-0.05, 0) is 67.5 Å². The summed E-state index contributed by atoms with van der Waals surface area (Å²) in [6, 6.07) is 13.8. The van der Waals surface area contributed by atoms with Gasteiger partial charge >= 0.3 is 5.97 Å². The molecule has 0 unspecified atom stereocenters. The second kappa shape index (κ2) is 10.9. The summed E-state index contributed by atoms with van der Waals surface area (Å²) in [5, 5.41) is 10.9. The molecule has 2 aromatic rings. The maximum absolute atomic E-state index is 14.3. The number of carbonyl (C=O) groups is 2. The molecule has 1 amide bonds. The lowest BCUT2D eigenvalue weighted by molar-refractivity contribution is -0.161. The second-order valence-corrected chi connectivity index (χ2v) is 13.3. The van der Waals surface area contributed by atoms with E-state index in [4.69, 9.17) is 23.2 Å². The van der Waals surface area contributed by atoms with Crippen molar-refractivity contribution in [1.29, 1.82) is 0 Å². The molecule has 1 saturated heterocycles. The first-order valence-corrected chi connectivity index (χ1v) is 14.9. The Hall–Kier alpha value is -2.13. The van der Waals surface area contributed by atoms with Crippen molar-refractivity contribution in [3.63, 3.8) is 0 Å². The topological polar surface area (TPSA) is 104 Å². The van der Waals surface area contributed by atoms with E-state index in [9.17, 15) is 23.1 Å². The number of carboxylic acid groups (broad SMARTS) is 1. The van der Waals surface area contributed by atoms with Gasteiger partial charge in [-0.3, -0.25) is 9.59 Å². The van der Waals surface area contributed by atoms with Crippen molar-refractivity contribution in [1.82, 2.24) is 9.62 Å². The minimum atomic E-state index is -3.50. The van der Waals surface area contributed by atoms with Crippen LogP contribution in [0.2, 0.25) is 10.0 Å². The average Bonchev–Trinajstić information content (AvgIpc) is 3.67. The molecule has 200 valence electrons.